The summed E-state index contributed by atoms with van der Waals surface area (Å²) in [6.07, 6.45) is 0. The first kappa shape index (κ1) is 15.4. The quantitative estimate of drug-likeness (QED) is 0.813. The maximum atomic E-state index is 12.6. The third-order valence-corrected chi connectivity index (χ3v) is 3.33. The molecule has 0 spiro atoms. The fourth-order valence-corrected chi connectivity index (χ4v) is 2.40. The zero-order valence-electron chi connectivity index (χ0n) is 12.4. The first-order valence-corrected chi connectivity index (χ1v) is 7.23. The topological polar surface area (TPSA) is 46.1 Å². The van der Waals surface area contributed by atoms with Crippen molar-refractivity contribution in [3.63, 3.8) is 0 Å². The van der Waals surface area contributed by atoms with E-state index in [1.54, 1.807) is 17.0 Å². The Labute approximate surface area is 129 Å². The number of rotatable bonds is 4. The first-order valence-electron chi connectivity index (χ1n) is 6.85. The van der Waals surface area contributed by atoms with Crippen molar-refractivity contribution in [2.45, 2.75) is 27.3 Å². The number of aromatic nitrogens is 2. The van der Waals surface area contributed by atoms with Crippen LogP contribution in [0.4, 0.5) is 0 Å². The molecule has 0 radical (unpaired) electrons. The molecule has 5 heteroatoms. The second kappa shape index (κ2) is 6.68. The van der Waals surface area contributed by atoms with Gasteiger partial charge < -0.3 is 4.90 Å². The van der Waals surface area contributed by atoms with E-state index in [2.05, 4.69) is 9.97 Å². The molecule has 0 fully saturated rings. The lowest BCUT2D eigenvalue weighted by molar-refractivity contribution is 0.0750. The summed E-state index contributed by atoms with van der Waals surface area (Å²) in [4.78, 5) is 22.8. The van der Waals surface area contributed by atoms with Crippen LogP contribution in [0.1, 0.15) is 34.4 Å². The Morgan fingerprint density at radius 2 is 1.95 bits per heavy atom. The molecule has 0 unspecified atom stereocenters. The Morgan fingerprint density at radius 1 is 1.19 bits per heavy atom. The third-order valence-electron chi connectivity index (χ3n) is 3.14. The average Bonchev–Trinajstić information content (AvgIpc) is 2.43. The molecule has 0 aliphatic carbocycles. The first-order chi connectivity index (χ1) is 9.99. The zero-order valence-corrected chi connectivity index (χ0v) is 13.2. The second-order valence-electron chi connectivity index (χ2n) is 4.91. The van der Waals surface area contributed by atoms with E-state index >= 15 is 0 Å². The van der Waals surface area contributed by atoms with Crippen LogP contribution in [-0.2, 0) is 6.54 Å². The van der Waals surface area contributed by atoms with E-state index in [1.807, 2.05) is 39.0 Å². The number of hydrogen-bond acceptors (Lipinski definition) is 3. The normalized spacial score (nSPS) is 10.5. The molecule has 0 N–H and O–H groups in total. The van der Waals surface area contributed by atoms with Gasteiger partial charge in [-0.1, -0.05) is 17.7 Å². The van der Waals surface area contributed by atoms with Crippen molar-refractivity contribution >= 4 is 17.5 Å². The van der Waals surface area contributed by atoms with E-state index in [-0.39, 0.29) is 5.91 Å². The number of carbonyl (C=O) groups excluding carboxylic acids is 1. The largest absolute Gasteiger partial charge is 0.333 e. The predicted octanol–water partition coefficient (Wildman–Crippen LogP) is 3.41. The van der Waals surface area contributed by atoms with Gasteiger partial charge in [-0.05, 0) is 45.0 Å². The van der Waals surface area contributed by atoms with Crippen molar-refractivity contribution < 1.29 is 4.79 Å². The van der Waals surface area contributed by atoms with Gasteiger partial charge in [-0.15, -0.1) is 0 Å². The van der Waals surface area contributed by atoms with Crippen molar-refractivity contribution in [3.8, 4) is 0 Å². The predicted molar refractivity (Wildman–Crippen MR) is 83.4 cm³/mol. The van der Waals surface area contributed by atoms with Gasteiger partial charge in [-0.2, -0.15) is 0 Å². The molecule has 0 aromatic carbocycles. The molecule has 0 aliphatic heterocycles. The van der Waals surface area contributed by atoms with Crippen LogP contribution >= 0.6 is 11.6 Å². The summed E-state index contributed by atoms with van der Waals surface area (Å²) in [5.74, 6) is -0.0618. The molecule has 2 aromatic heterocycles. The number of aryl methyl sites for hydroxylation is 2. The summed E-state index contributed by atoms with van der Waals surface area (Å²) in [5, 5.41) is 0.336. The molecule has 21 heavy (non-hydrogen) atoms. The maximum absolute atomic E-state index is 12.6. The van der Waals surface area contributed by atoms with Crippen molar-refractivity contribution in [2.75, 3.05) is 6.54 Å². The van der Waals surface area contributed by atoms with Gasteiger partial charge in [0.05, 0.1) is 12.2 Å². The van der Waals surface area contributed by atoms with E-state index in [0.717, 1.165) is 17.1 Å². The van der Waals surface area contributed by atoms with Gasteiger partial charge in [0.15, 0.2) is 0 Å². The maximum Gasteiger partial charge on any atom is 0.254 e. The Hall–Kier alpha value is -1.94. The minimum atomic E-state index is -0.0618. The van der Waals surface area contributed by atoms with Gasteiger partial charge >= 0.3 is 0 Å². The van der Waals surface area contributed by atoms with Gasteiger partial charge in [-0.3, -0.25) is 9.78 Å². The van der Waals surface area contributed by atoms with Crippen molar-refractivity contribution in [2.24, 2.45) is 0 Å². The van der Waals surface area contributed by atoms with Crippen molar-refractivity contribution in [3.05, 3.63) is 58.1 Å². The summed E-state index contributed by atoms with van der Waals surface area (Å²) in [7, 11) is 0. The van der Waals surface area contributed by atoms with Crippen LogP contribution in [-0.4, -0.2) is 27.3 Å². The number of amides is 1. The Morgan fingerprint density at radius 3 is 2.57 bits per heavy atom. The zero-order chi connectivity index (χ0) is 15.4. The van der Waals surface area contributed by atoms with Crippen LogP contribution in [0.25, 0.3) is 0 Å². The molecule has 2 aromatic rings. The molecule has 0 aliphatic rings. The minimum Gasteiger partial charge on any atom is -0.333 e. The molecule has 0 saturated carbocycles. The third kappa shape index (κ3) is 4.02. The highest BCUT2D eigenvalue weighted by molar-refractivity contribution is 6.29. The van der Waals surface area contributed by atoms with E-state index < -0.39 is 0 Å². The van der Waals surface area contributed by atoms with Crippen LogP contribution in [0.15, 0.2) is 30.3 Å². The number of nitrogens with zero attached hydrogens (tertiary/aromatic N) is 3. The Bertz CT molecular complexity index is 637. The van der Waals surface area contributed by atoms with Crippen LogP contribution in [0.5, 0.6) is 0 Å². The molecular weight excluding hydrogens is 286 g/mol. The molecule has 110 valence electrons. The molecular formula is C16H18ClN3O. The standard InChI is InChI=1S/C16H18ClN3O/c1-4-20(10-14-7-5-6-11(2)18-14)16(21)13-8-12(3)19-15(17)9-13/h5-9H,4,10H2,1-3H3. The molecule has 0 saturated heterocycles. The fourth-order valence-electron chi connectivity index (χ4n) is 2.14. The van der Waals surface area contributed by atoms with Gasteiger partial charge in [0.2, 0.25) is 0 Å². The fraction of sp³-hybridized carbons (Fsp3) is 0.312. The monoisotopic (exact) mass is 303 g/mol. The van der Waals surface area contributed by atoms with Crippen LogP contribution in [0.2, 0.25) is 5.15 Å². The van der Waals surface area contributed by atoms with Gasteiger partial charge in [0.25, 0.3) is 5.91 Å². The molecule has 4 nitrogen and oxygen atoms in total. The number of carbonyl (C=O) groups is 1. The molecule has 1 amide bonds. The highest BCUT2D eigenvalue weighted by Gasteiger charge is 2.16. The van der Waals surface area contributed by atoms with Gasteiger partial charge in [0, 0.05) is 23.5 Å². The Balaban J connectivity index is 2.22. The number of halogens is 1. The van der Waals surface area contributed by atoms with Gasteiger partial charge in [-0.25, -0.2) is 4.98 Å². The molecule has 2 heterocycles. The smallest absolute Gasteiger partial charge is 0.254 e. The van der Waals surface area contributed by atoms with Gasteiger partial charge in [0.1, 0.15) is 5.15 Å². The van der Waals surface area contributed by atoms with Crippen molar-refractivity contribution in [1.82, 2.24) is 14.9 Å². The highest BCUT2D eigenvalue weighted by atomic mass is 35.5. The minimum absolute atomic E-state index is 0.0618. The highest BCUT2D eigenvalue weighted by Crippen LogP contribution is 2.14. The lowest BCUT2D eigenvalue weighted by atomic mass is 10.2. The lowest BCUT2D eigenvalue weighted by Crippen LogP contribution is -2.30. The van der Waals surface area contributed by atoms with Crippen molar-refractivity contribution in [1.29, 1.82) is 0 Å². The SMILES string of the molecule is CCN(Cc1cccc(C)n1)C(=O)c1cc(C)nc(Cl)c1. The molecule has 2 rings (SSSR count). The summed E-state index contributed by atoms with van der Waals surface area (Å²) >= 11 is 5.93. The Kier molecular flexibility index (Phi) is 4.91. The number of hydrogen-bond donors (Lipinski definition) is 0. The summed E-state index contributed by atoms with van der Waals surface area (Å²) < 4.78 is 0. The van der Waals surface area contributed by atoms with E-state index in [0.29, 0.717) is 23.8 Å². The summed E-state index contributed by atoms with van der Waals surface area (Å²) in [6.45, 7) is 6.79. The van der Waals surface area contributed by atoms with Crippen LogP contribution in [0, 0.1) is 13.8 Å². The summed E-state index contributed by atoms with van der Waals surface area (Å²) in [6, 6.07) is 9.16. The van der Waals surface area contributed by atoms with E-state index in [4.69, 9.17) is 11.6 Å². The van der Waals surface area contributed by atoms with Crippen LogP contribution in [0.3, 0.4) is 0 Å². The van der Waals surface area contributed by atoms with Crippen LogP contribution < -0.4 is 0 Å². The molecule has 0 atom stereocenters. The van der Waals surface area contributed by atoms with E-state index in [1.165, 1.54) is 0 Å². The number of pyridine rings is 2. The molecule has 0 bridgehead atoms. The van der Waals surface area contributed by atoms with E-state index in [9.17, 15) is 4.79 Å². The summed E-state index contributed by atoms with van der Waals surface area (Å²) in [5.41, 5.74) is 3.11. The average molecular weight is 304 g/mol. The lowest BCUT2D eigenvalue weighted by Gasteiger charge is -2.21. The second-order valence-corrected chi connectivity index (χ2v) is 5.30.